The SMILES string of the molecule is CC(C#N)OC(C)C#N.CCCCCCCCCCCCO. The minimum atomic E-state index is -0.486. The van der Waals surface area contributed by atoms with Gasteiger partial charge in [0.05, 0.1) is 12.1 Å². The smallest absolute Gasteiger partial charge is 0.142 e. The van der Waals surface area contributed by atoms with Crippen LogP contribution in [0.25, 0.3) is 0 Å². The van der Waals surface area contributed by atoms with Crippen LogP contribution in [0.2, 0.25) is 0 Å². The molecule has 4 nitrogen and oxygen atoms in total. The van der Waals surface area contributed by atoms with Crippen LogP contribution in [-0.2, 0) is 4.74 Å². The number of hydrogen-bond donors (Lipinski definition) is 1. The summed E-state index contributed by atoms with van der Waals surface area (Å²) in [6, 6.07) is 3.71. The fraction of sp³-hybridized carbons (Fsp3) is 0.889. The van der Waals surface area contributed by atoms with Crippen molar-refractivity contribution in [2.24, 2.45) is 0 Å². The summed E-state index contributed by atoms with van der Waals surface area (Å²) < 4.78 is 4.83. The Bertz CT molecular complexity index is 266. The van der Waals surface area contributed by atoms with E-state index in [4.69, 9.17) is 20.4 Å². The van der Waals surface area contributed by atoms with Crippen molar-refractivity contribution < 1.29 is 9.84 Å². The molecule has 1 N–H and O–H groups in total. The van der Waals surface area contributed by atoms with Gasteiger partial charge in [0, 0.05) is 6.61 Å². The highest BCUT2D eigenvalue weighted by atomic mass is 16.5. The van der Waals surface area contributed by atoms with E-state index in [9.17, 15) is 0 Å². The number of hydrogen-bond acceptors (Lipinski definition) is 4. The number of unbranched alkanes of at least 4 members (excludes halogenated alkanes) is 9. The van der Waals surface area contributed by atoms with Crippen LogP contribution in [0.5, 0.6) is 0 Å². The zero-order valence-electron chi connectivity index (χ0n) is 14.7. The highest BCUT2D eigenvalue weighted by Gasteiger charge is 2.04. The molecule has 4 heteroatoms. The van der Waals surface area contributed by atoms with Crippen molar-refractivity contribution in [2.45, 2.75) is 97.2 Å². The molecule has 0 spiro atoms. The fourth-order valence-electron chi connectivity index (χ4n) is 1.97. The van der Waals surface area contributed by atoms with Gasteiger partial charge in [0.1, 0.15) is 12.2 Å². The zero-order valence-corrected chi connectivity index (χ0v) is 14.7. The Morgan fingerprint density at radius 3 is 1.45 bits per heavy atom. The summed E-state index contributed by atoms with van der Waals surface area (Å²) in [6.07, 6.45) is 12.3. The average molecular weight is 310 g/mol. The molecule has 0 fully saturated rings. The second kappa shape index (κ2) is 19.9. The fourth-order valence-corrected chi connectivity index (χ4v) is 1.97. The van der Waals surface area contributed by atoms with Crippen LogP contribution >= 0.6 is 0 Å². The lowest BCUT2D eigenvalue weighted by atomic mass is 10.1. The Morgan fingerprint density at radius 1 is 0.773 bits per heavy atom. The monoisotopic (exact) mass is 310 g/mol. The molecule has 2 atom stereocenters. The number of rotatable bonds is 12. The molecule has 0 bridgehead atoms. The average Bonchev–Trinajstić information content (AvgIpc) is 2.53. The Hall–Kier alpha value is -1.10. The van der Waals surface area contributed by atoms with Crippen LogP contribution in [-0.4, -0.2) is 23.9 Å². The minimum absolute atomic E-state index is 0.372. The van der Waals surface area contributed by atoms with Crippen LogP contribution in [0.1, 0.15) is 85.0 Å². The first-order valence-electron chi connectivity index (χ1n) is 8.67. The molecule has 0 aromatic rings. The molecule has 0 amide bonds. The lowest BCUT2D eigenvalue weighted by Gasteiger charge is -2.04. The molecule has 22 heavy (non-hydrogen) atoms. The van der Waals surface area contributed by atoms with E-state index >= 15 is 0 Å². The van der Waals surface area contributed by atoms with Crippen LogP contribution in [0, 0.1) is 22.7 Å². The van der Waals surface area contributed by atoms with Gasteiger partial charge < -0.3 is 9.84 Å². The van der Waals surface area contributed by atoms with Crippen LogP contribution in [0.3, 0.4) is 0 Å². The van der Waals surface area contributed by atoms with E-state index in [1.807, 2.05) is 12.1 Å². The van der Waals surface area contributed by atoms with Crippen molar-refractivity contribution in [3.63, 3.8) is 0 Å². The second-order valence-electron chi connectivity index (χ2n) is 5.58. The predicted molar refractivity (Wildman–Crippen MR) is 90.2 cm³/mol. The molecular weight excluding hydrogens is 276 g/mol. The molecule has 0 aromatic heterocycles. The largest absolute Gasteiger partial charge is 0.396 e. The van der Waals surface area contributed by atoms with Crippen molar-refractivity contribution in [1.29, 1.82) is 10.5 Å². The number of aliphatic hydroxyl groups excluding tert-OH is 1. The number of nitrogens with zero attached hydrogens (tertiary/aromatic N) is 2. The first kappa shape index (κ1) is 23.2. The van der Waals surface area contributed by atoms with Crippen molar-refractivity contribution in [1.82, 2.24) is 0 Å². The highest BCUT2D eigenvalue weighted by Crippen LogP contribution is 2.09. The minimum Gasteiger partial charge on any atom is -0.396 e. The van der Waals surface area contributed by atoms with Gasteiger partial charge in [-0.1, -0.05) is 64.7 Å². The molecule has 0 rings (SSSR count). The standard InChI is InChI=1S/C12H26O.C6H8N2O/c1-2-3-4-5-6-7-8-9-10-11-12-13;1-5(3-7)9-6(2)4-8/h13H,2-12H2,1H3;5-6H,1-2H3. The summed E-state index contributed by atoms with van der Waals surface area (Å²) in [5, 5.41) is 25.0. The third kappa shape index (κ3) is 21.2. The van der Waals surface area contributed by atoms with Crippen LogP contribution < -0.4 is 0 Å². The highest BCUT2D eigenvalue weighted by molar-refractivity contribution is 4.86. The summed E-state index contributed by atoms with van der Waals surface area (Å²) in [5.41, 5.74) is 0. The Balaban J connectivity index is 0. The lowest BCUT2D eigenvalue weighted by molar-refractivity contribution is 0.0718. The number of ether oxygens (including phenoxy) is 1. The molecular formula is C18H34N2O2. The van der Waals surface area contributed by atoms with Gasteiger partial charge in [-0.2, -0.15) is 10.5 Å². The Kier molecular flexibility index (Phi) is 21.0. The molecule has 0 radical (unpaired) electrons. The van der Waals surface area contributed by atoms with Gasteiger partial charge in [-0.15, -0.1) is 0 Å². The van der Waals surface area contributed by atoms with Gasteiger partial charge in [0.2, 0.25) is 0 Å². The van der Waals surface area contributed by atoms with Gasteiger partial charge >= 0.3 is 0 Å². The quantitative estimate of drug-likeness (QED) is 0.529. The molecule has 0 aliphatic carbocycles. The van der Waals surface area contributed by atoms with Crippen molar-refractivity contribution in [3.8, 4) is 12.1 Å². The molecule has 0 saturated heterocycles. The van der Waals surface area contributed by atoms with E-state index < -0.39 is 12.2 Å². The Labute approximate surface area is 137 Å². The van der Waals surface area contributed by atoms with Gasteiger partial charge in [-0.05, 0) is 20.3 Å². The van der Waals surface area contributed by atoms with Crippen LogP contribution in [0.4, 0.5) is 0 Å². The van der Waals surface area contributed by atoms with Gasteiger partial charge in [-0.25, -0.2) is 0 Å². The number of aliphatic hydroxyl groups is 1. The van der Waals surface area contributed by atoms with Crippen molar-refractivity contribution in [2.75, 3.05) is 6.61 Å². The van der Waals surface area contributed by atoms with E-state index in [2.05, 4.69) is 6.92 Å². The van der Waals surface area contributed by atoms with Gasteiger partial charge in [0.25, 0.3) is 0 Å². The van der Waals surface area contributed by atoms with Crippen molar-refractivity contribution >= 4 is 0 Å². The third-order valence-electron chi connectivity index (χ3n) is 3.28. The van der Waals surface area contributed by atoms with Gasteiger partial charge in [-0.3, -0.25) is 0 Å². The first-order valence-corrected chi connectivity index (χ1v) is 8.67. The summed E-state index contributed by atoms with van der Waals surface area (Å²) in [4.78, 5) is 0. The van der Waals surface area contributed by atoms with E-state index in [1.54, 1.807) is 13.8 Å². The summed E-state index contributed by atoms with van der Waals surface area (Å²) in [5.74, 6) is 0. The van der Waals surface area contributed by atoms with E-state index in [0.717, 1.165) is 6.42 Å². The zero-order chi connectivity index (χ0) is 17.1. The van der Waals surface area contributed by atoms with Gasteiger partial charge in [0.15, 0.2) is 0 Å². The maximum absolute atomic E-state index is 8.57. The third-order valence-corrected chi connectivity index (χ3v) is 3.28. The molecule has 0 aliphatic heterocycles. The molecule has 0 aliphatic rings. The Morgan fingerprint density at radius 2 is 1.14 bits per heavy atom. The normalized spacial score (nSPS) is 12.5. The lowest BCUT2D eigenvalue weighted by Crippen LogP contribution is -2.12. The summed E-state index contributed by atoms with van der Waals surface area (Å²) in [6.45, 7) is 5.84. The summed E-state index contributed by atoms with van der Waals surface area (Å²) >= 11 is 0. The van der Waals surface area contributed by atoms with Crippen molar-refractivity contribution in [3.05, 3.63) is 0 Å². The first-order chi connectivity index (χ1) is 10.6. The maximum atomic E-state index is 8.57. The maximum Gasteiger partial charge on any atom is 0.142 e. The molecule has 2 unspecified atom stereocenters. The topological polar surface area (TPSA) is 77.0 Å². The molecule has 0 aromatic carbocycles. The van der Waals surface area contributed by atoms with E-state index in [1.165, 1.54) is 57.8 Å². The second-order valence-corrected chi connectivity index (χ2v) is 5.58. The molecule has 0 heterocycles. The molecule has 0 saturated carbocycles. The van der Waals surface area contributed by atoms with E-state index in [-0.39, 0.29) is 0 Å². The number of nitriles is 2. The van der Waals surface area contributed by atoms with E-state index in [0.29, 0.717) is 6.61 Å². The predicted octanol–water partition coefficient (Wildman–Crippen LogP) is 4.73. The molecule has 128 valence electrons. The summed E-state index contributed by atoms with van der Waals surface area (Å²) in [7, 11) is 0. The van der Waals surface area contributed by atoms with Crippen LogP contribution in [0.15, 0.2) is 0 Å².